The van der Waals surface area contributed by atoms with Crippen molar-refractivity contribution >= 4 is 29.3 Å². The van der Waals surface area contributed by atoms with Crippen molar-refractivity contribution in [2.45, 2.75) is 48.7 Å². The molecule has 0 spiro atoms. The maximum Gasteiger partial charge on any atom is 0.255 e. The van der Waals surface area contributed by atoms with Crippen LogP contribution in [0.3, 0.4) is 0 Å². The number of halogens is 1. The third-order valence-corrected chi connectivity index (χ3v) is 5.46. The molecule has 2 fully saturated rings. The van der Waals surface area contributed by atoms with E-state index >= 15 is 0 Å². The van der Waals surface area contributed by atoms with E-state index in [4.69, 9.17) is 17.3 Å². The van der Waals surface area contributed by atoms with E-state index in [2.05, 4.69) is 0 Å². The minimum Gasteiger partial charge on any atom is -0.333 e. The van der Waals surface area contributed by atoms with Gasteiger partial charge in [-0.05, 0) is 50.1 Å². The van der Waals surface area contributed by atoms with Crippen molar-refractivity contribution in [3.8, 4) is 0 Å². The number of carbonyl (C=O) groups excluding carboxylic acids is 1. The Morgan fingerprint density at radius 1 is 1.35 bits per heavy atom. The second-order valence-electron chi connectivity index (χ2n) is 5.67. The zero-order valence-electron chi connectivity index (χ0n) is 11.5. The Morgan fingerprint density at radius 3 is 2.60 bits per heavy atom. The summed E-state index contributed by atoms with van der Waals surface area (Å²) in [6, 6.07) is 6.51. The van der Waals surface area contributed by atoms with Gasteiger partial charge in [-0.2, -0.15) is 0 Å². The predicted molar refractivity (Wildman–Crippen MR) is 83.4 cm³/mol. The van der Waals surface area contributed by atoms with Gasteiger partial charge < -0.3 is 10.6 Å². The van der Waals surface area contributed by atoms with E-state index < -0.39 is 0 Å². The number of amides is 1. The summed E-state index contributed by atoms with van der Waals surface area (Å²) >= 11 is 7.85. The maximum atomic E-state index is 12.8. The van der Waals surface area contributed by atoms with E-state index in [-0.39, 0.29) is 11.9 Å². The van der Waals surface area contributed by atoms with Gasteiger partial charge in [0.15, 0.2) is 0 Å². The molecule has 2 heterocycles. The first-order chi connectivity index (χ1) is 9.60. The molecule has 0 radical (unpaired) electrons. The number of carbonyl (C=O) groups is 1. The van der Waals surface area contributed by atoms with Gasteiger partial charge in [0.2, 0.25) is 0 Å². The van der Waals surface area contributed by atoms with Gasteiger partial charge in [-0.1, -0.05) is 11.6 Å². The largest absolute Gasteiger partial charge is 0.333 e. The Balaban J connectivity index is 1.90. The molecule has 108 valence electrons. The van der Waals surface area contributed by atoms with E-state index in [1.54, 1.807) is 11.8 Å². The molecular weight excluding hydrogens is 292 g/mol. The van der Waals surface area contributed by atoms with Crippen LogP contribution in [0.1, 0.15) is 36.0 Å². The molecule has 2 bridgehead atoms. The topological polar surface area (TPSA) is 46.3 Å². The maximum absolute atomic E-state index is 12.8. The third kappa shape index (κ3) is 2.45. The molecule has 0 aliphatic carbocycles. The van der Waals surface area contributed by atoms with Crippen molar-refractivity contribution in [3.63, 3.8) is 0 Å². The average Bonchev–Trinajstić information content (AvgIpc) is 2.71. The summed E-state index contributed by atoms with van der Waals surface area (Å²) in [5.41, 5.74) is 6.70. The van der Waals surface area contributed by atoms with Gasteiger partial charge >= 0.3 is 0 Å². The Morgan fingerprint density at radius 2 is 2.00 bits per heavy atom. The van der Waals surface area contributed by atoms with E-state index in [0.717, 1.165) is 30.6 Å². The summed E-state index contributed by atoms with van der Waals surface area (Å²) < 4.78 is 0. The summed E-state index contributed by atoms with van der Waals surface area (Å²) in [6.07, 6.45) is 5.99. The summed E-state index contributed by atoms with van der Waals surface area (Å²) in [7, 11) is 0. The highest BCUT2D eigenvalue weighted by Crippen LogP contribution is 2.37. The molecule has 3 rings (SSSR count). The number of rotatable bonds is 2. The average molecular weight is 311 g/mol. The molecule has 1 aromatic rings. The standard InChI is InChI=1S/C15H19ClN2OS/c1-20-12-4-5-14(16)13(8-12)15(19)18-10-2-3-11(18)7-9(17)6-10/h4-5,8-11H,2-3,6-7,17H2,1H3. The second kappa shape index (κ2) is 5.58. The van der Waals surface area contributed by atoms with Crippen molar-refractivity contribution in [3.05, 3.63) is 28.8 Å². The molecule has 2 unspecified atom stereocenters. The molecular formula is C15H19ClN2OS. The zero-order valence-corrected chi connectivity index (χ0v) is 13.1. The fourth-order valence-electron chi connectivity index (χ4n) is 3.49. The van der Waals surface area contributed by atoms with Crippen LogP contribution in [-0.4, -0.2) is 35.2 Å². The highest BCUT2D eigenvalue weighted by Gasteiger charge is 2.42. The van der Waals surface area contributed by atoms with Crippen LogP contribution in [0.5, 0.6) is 0 Å². The molecule has 0 saturated carbocycles. The minimum absolute atomic E-state index is 0.0744. The van der Waals surface area contributed by atoms with Gasteiger partial charge in [0.1, 0.15) is 0 Å². The molecule has 3 nitrogen and oxygen atoms in total. The molecule has 1 amide bonds. The molecule has 0 aromatic heterocycles. The van der Waals surface area contributed by atoms with Crippen LogP contribution in [0.15, 0.2) is 23.1 Å². The first-order valence-electron chi connectivity index (χ1n) is 7.02. The number of nitrogens with zero attached hydrogens (tertiary/aromatic N) is 1. The van der Waals surface area contributed by atoms with Crippen LogP contribution in [0, 0.1) is 0 Å². The lowest BCUT2D eigenvalue weighted by molar-refractivity contribution is 0.0575. The quantitative estimate of drug-likeness (QED) is 0.854. The highest BCUT2D eigenvalue weighted by molar-refractivity contribution is 7.98. The van der Waals surface area contributed by atoms with Crippen molar-refractivity contribution < 1.29 is 4.79 Å². The van der Waals surface area contributed by atoms with Crippen molar-refractivity contribution in [1.29, 1.82) is 0 Å². The molecule has 20 heavy (non-hydrogen) atoms. The number of fused-ring (bicyclic) bond motifs is 2. The van der Waals surface area contributed by atoms with Crippen LogP contribution in [-0.2, 0) is 0 Å². The van der Waals surface area contributed by atoms with Crippen LogP contribution in [0.4, 0.5) is 0 Å². The summed E-state index contributed by atoms with van der Waals surface area (Å²) in [4.78, 5) is 16.0. The third-order valence-electron chi connectivity index (χ3n) is 4.41. The minimum atomic E-state index is 0.0744. The summed E-state index contributed by atoms with van der Waals surface area (Å²) in [5.74, 6) is 0.0744. The SMILES string of the molecule is CSc1ccc(Cl)c(C(=O)N2C3CCC2CC(N)C3)c1. The van der Waals surface area contributed by atoms with E-state index in [1.807, 2.05) is 29.4 Å². The van der Waals surface area contributed by atoms with Gasteiger partial charge in [-0.15, -0.1) is 11.8 Å². The van der Waals surface area contributed by atoms with E-state index in [0.29, 0.717) is 22.7 Å². The lowest BCUT2D eigenvalue weighted by Crippen LogP contribution is -2.50. The smallest absolute Gasteiger partial charge is 0.255 e. The summed E-state index contributed by atoms with van der Waals surface area (Å²) in [5, 5.41) is 0.544. The number of benzene rings is 1. The number of thioether (sulfide) groups is 1. The highest BCUT2D eigenvalue weighted by atomic mass is 35.5. The van der Waals surface area contributed by atoms with Gasteiger partial charge in [-0.3, -0.25) is 4.79 Å². The fourth-order valence-corrected chi connectivity index (χ4v) is 4.12. The molecule has 5 heteroatoms. The normalized spacial score (nSPS) is 28.8. The lowest BCUT2D eigenvalue weighted by atomic mass is 9.97. The fraction of sp³-hybridized carbons (Fsp3) is 0.533. The number of hydrogen-bond acceptors (Lipinski definition) is 3. The second-order valence-corrected chi connectivity index (χ2v) is 6.96. The Hall–Kier alpha value is -0.710. The summed E-state index contributed by atoms with van der Waals surface area (Å²) in [6.45, 7) is 0. The number of hydrogen-bond donors (Lipinski definition) is 1. The molecule has 2 atom stereocenters. The van der Waals surface area contributed by atoms with Gasteiger partial charge in [-0.25, -0.2) is 0 Å². The van der Waals surface area contributed by atoms with Crippen LogP contribution < -0.4 is 5.73 Å². The van der Waals surface area contributed by atoms with Crippen LogP contribution >= 0.6 is 23.4 Å². The predicted octanol–water partition coefficient (Wildman–Crippen LogP) is 3.16. The Labute approximate surface area is 128 Å². The monoisotopic (exact) mass is 310 g/mol. The first kappa shape index (κ1) is 14.2. The Bertz CT molecular complexity index is 523. The lowest BCUT2D eigenvalue weighted by Gasteiger charge is -2.38. The molecule has 1 aromatic carbocycles. The van der Waals surface area contributed by atoms with Crippen LogP contribution in [0.2, 0.25) is 5.02 Å². The van der Waals surface area contributed by atoms with Gasteiger partial charge in [0.05, 0.1) is 10.6 Å². The van der Waals surface area contributed by atoms with Gasteiger partial charge in [0, 0.05) is 23.0 Å². The molecule has 2 saturated heterocycles. The Kier molecular flexibility index (Phi) is 3.98. The van der Waals surface area contributed by atoms with E-state index in [9.17, 15) is 4.79 Å². The molecule has 2 aliphatic heterocycles. The zero-order chi connectivity index (χ0) is 14.3. The molecule has 2 N–H and O–H groups in total. The number of piperidine rings is 1. The van der Waals surface area contributed by atoms with Crippen molar-refractivity contribution in [1.82, 2.24) is 4.90 Å². The van der Waals surface area contributed by atoms with Crippen LogP contribution in [0.25, 0.3) is 0 Å². The van der Waals surface area contributed by atoms with Crippen molar-refractivity contribution in [2.24, 2.45) is 5.73 Å². The van der Waals surface area contributed by atoms with E-state index in [1.165, 1.54) is 0 Å². The number of nitrogens with two attached hydrogens (primary N) is 1. The molecule has 2 aliphatic rings. The first-order valence-corrected chi connectivity index (χ1v) is 8.62. The van der Waals surface area contributed by atoms with Gasteiger partial charge in [0.25, 0.3) is 5.91 Å². The van der Waals surface area contributed by atoms with Crippen molar-refractivity contribution in [2.75, 3.05) is 6.26 Å².